The maximum absolute atomic E-state index is 13.9. The topological polar surface area (TPSA) is 84.7 Å². The van der Waals surface area contributed by atoms with Gasteiger partial charge in [-0.05, 0) is 42.1 Å². The molecule has 0 saturated carbocycles. The van der Waals surface area contributed by atoms with Gasteiger partial charge in [-0.1, -0.05) is 18.2 Å². The maximum Gasteiger partial charge on any atom is 0.345 e. The molecule has 3 aromatic heterocycles. The summed E-state index contributed by atoms with van der Waals surface area (Å²) in [6.45, 7) is 3.60. The minimum atomic E-state index is -0.724. The van der Waals surface area contributed by atoms with Gasteiger partial charge < -0.3 is 19.1 Å². The Morgan fingerprint density at radius 2 is 1.92 bits per heavy atom. The third kappa shape index (κ3) is 4.84. The zero-order valence-corrected chi connectivity index (χ0v) is 21.0. The second kappa shape index (κ2) is 10.5. The fraction of sp³-hybridized carbons (Fsp3) is 0.259. The number of carbonyl (C=O) groups excluding carboxylic acids is 2. The van der Waals surface area contributed by atoms with Gasteiger partial charge in [0, 0.05) is 44.0 Å². The molecule has 1 aromatic carbocycles. The average molecular weight is 521 g/mol. The van der Waals surface area contributed by atoms with Crippen LogP contribution in [0.3, 0.4) is 0 Å². The highest BCUT2D eigenvalue weighted by Gasteiger charge is 2.30. The number of esters is 1. The van der Waals surface area contributed by atoms with E-state index in [4.69, 9.17) is 4.74 Å². The highest BCUT2D eigenvalue weighted by Crippen LogP contribution is 2.30. The maximum atomic E-state index is 13.9. The van der Waals surface area contributed by atoms with Crippen molar-refractivity contribution >= 4 is 39.8 Å². The molecule has 0 N–H and O–H groups in total. The molecule has 0 atom stereocenters. The first-order valence-electron chi connectivity index (χ1n) is 12.0. The van der Waals surface area contributed by atoms with Crippen molar-refractivity contribution in [2.75, 3.05) is 37.7 Å². The number of nitrogens with zero attached hydrogens (tertiary/aromatic N) is 4. The molecule has 5 rings (SSSR count). The molecule has 190 valence electrons. The fourth-order valence-electron chi connectivity index (χ4n) is 4.67. The van der Waals surface area contributed by atoms with E-state index in [0.717, 1.165) is 0 Å². The predicted molar refractivity (Wildman–Crippen MR) is 140 cm³/mol. The Morgan fingerprint density at radius 3 is 2.62 bits per heavy atom. The summed E-state index contributed by atoms with van der Waals surface area (Å²) in [5.41, 5.74) is 1.00. The molecule has 0 radical (unpaired) electrons. The molecule has 0 unspecified atom stereocenters. The SMILES string of the molecule is CCOC(=O)c1c(N2CCN(C(=O)c3cccs3)CC2)c2cnccc2n(Cc2cccc(F)c2)c1=O. The summed E-state index contributed by atoms with van der Waals surface area (Å²) >= 11 is 1.40. The largest absolute Gasteiger partial charge is 0.462 e. The molecule has 0 aliphatic carbocycles. The van der Waals surface area contributed by atoms with Gasteiger partial charge in [-0.15, -0.1) is 11.3 Å². The Kier molecular flexibility index (Phi) is 7.00. The number of carbonyl (C=O) groups is 2. The van der Waals surface area contributed by atoms with Crippen molar-refractivity contribution < 1.29 is 18.7 Å². The monoisotopic (exact) mass is 520 g/mol. The molecule has 1 aliphatic rings. The summed E-state index contributed by atoms with van der Waals surface area (Å²) in [6.07, 6.45) is 3.20. The van der Waals surface area contributed by atoms with Crippen LogP contribution in [-0.4, -0.2) is 59.1 Å². The van der Waals surface area contributed by atoms with Crippen molar-refractivity contribution in [3.05, 3.63) is 92.4 Å². The van der Waals surface area contributed by atoms with E-state index in [0.29, 0.717) is 53.2 Å². The number of hydrogen-bond donors (Lipinski definition) is 0. The average Bonchev–Trinajstić information content (AvgIpc) is 3.45. The number of pyridine rings is 2. The zero-order valence-electron chi connectivity index (χ0n) is 20.2. The molecule has 0 bridgehead atoms. The number of hydrogen-bond acceptors (Lipinski definition) is 7. The number of thiophene rings is 1. The predicted octanol–water partition coefficient (Wildman–Crippen LogP) is 3.78. The van der Waals surface area contributed by atoms with Crippen molar-refractivity contribution in [2.45, 2.75) is 13.5 Å². The van der Waals surface area contributed by atoms with Gasteiger partial charge in [0.2, 0.25) is 0 Å². The lowest BCUT2D eigenvalue weighted by Crippen LogP contribution is -2.49. The van der Waals surface area contributed by atoms with Crippen molar-refractivity contribution in [1.29, 1.82) is 0 Å². The summed E-state index contributed by atoms with van der Waals surface area (Å²) < 4.78 is 20.6. The molecule has 1 amide bonds. The lowest BCUT2D eigenvalue weighted by molar-refractivity contribution is 0.0523. The van der Waals surface area contributed by atoms with Crippen LogP contribution in [0.4, 0.5) is 10.1 Å². The van der Waals surface area contributed by atoms with Crippen molar-refractivity contribution in [3.8, 4) is 0 Å². The first-order valence-corrected chi connectivity index (χ1v) is 12.9. The van der Waals surface area contributed by atoms with Crippen LogP contribution < -0.4 is 10.5 Å². The summed E-state index contributed by atoms with van der Waals surface area (Å²) in [7, 11) is 0. The standard InChI is InChI=1S/C27H25FN4O4S/c1-2-36-27(35)23-24(30-10-12-31(13-11-30)25(33)22-7-4-14-37-22)20-16-29-9-8-21(20)32(26(23)34)17-18-5-3-6-19(28)15-18/h3-9,14-16H,2,10-13,17H2,1H3. The number of amides is 1. The number of anilines is 1. The highest BCUT2D eigenvalue weighted by atomic mass is 32.1. The van der Waals surface area contributed by atoms with Gasteiger partial charge >= 0.3 is 5.97 Å². The van der Waals surface area contributed by atoms with Gasteiger partial charge in [0.05, 0.1) is 29.2 Å². The normalized spacial score (nSPS) is 13.7. The third-order valence-corrected chi connectivity index (χ3v) is 7.22. The molecule has 10 heteroatoms. The Morgan fingerprint density at radius 1 is 1.11 bits per heavy atom. The number of benzene rings is 1. The number of halogens is 1. The Labute approximate surface area is 216 Å². The molecule has 37 heavy (non-hydrogen) atoms. The summed E-state index contributed by atoms with van der Waals surface area (Å²) in [5.74, 6) is -1.16. The number of aromatic nitrogens is 2. The van der Waals surface area contributed by atoms with Gasteiger partial charge in [-0.2, -0.15) is 0 Å². The van der Waals surface area contributed by atoms with Crippen LogP contribution in [-0.2, 0) is 11.3 Å². The van der Waals surface area contributed by atoms with Crippen LogP contribution in [0, 0.1) is 5.82 Å². The van der Waals surface area contributed by atoms with E-state index in [1.54, 1.807) is 48.5 Å². The van der Waals surface area contributed by atoms with E-state index in [9.17, 15) is 18.8 Å². The number of fused-ring (bicyclic) bond motifs is 1. The molecule has 4 heterocycles. The molecule has 1 saturated heterocycles. The van der Waals surface area contributed by atoms with Gasteiger partial charge in [0.25, 0.3) is 11.5 Å². The second-order valence-electron chi connectivity index (χ2n) is 8.61. The molecule has 0 spiro atoms. The van der Waals surface area contributed by atoms with E-state index in [2.05, 4.69) is 4.98 Å². The van der Waals surface area contributed by atoms with Crippen LogP contribution in [0.1, 0.15) is 32.5 Å². The van der Waals surface area contributed by atoms with Gasteiger partial charge in [0.15, 0.2) is 0 Å². The summed E-state index contributed by atoms with van der Waals surface area (Å²) in [5, 5.41) is 2.48. The summed E-state index contributed by atoms with van der Waals surface area (Å²) in [4.78, 5) is 48.5. The Bertz CT molecular complexity index is 1510. The van der Waals surface area contributed by atoms with Crippen molar-refractivity contribution in [1.82, 2.24) is 14.5 Å². The van der Waals surface area contributed by atoms with Crippen LogP contribution in [0.15, 0.2) is 65.0 Å². The van der Waals surface area contributed by atoms with Crippen molar-refractivity contribution in [3.63, 3.8) is 0 Å². The van der Waals surface area contributed by atoms with Gasteiger partial charge in [0.1, 0.15) is 11.4 Å². The molecule has 1 fully saturated rings. The molecule has 1 aliphatic heterocycles. The van der Waals surface area contributed by atoms with Crippen LogP contribution in [0.25, 0.3) is 10.9 Å². The Balaban J connectivity index is 1.58. The molecular formula is C27H25FN4O4S. The molecule has 8 nitrogen and oxygen atoms in total. The van der Waals surface area contributed by atoms with Crippen LogP contribution in [0.2, 0.25) is 0 Å². The third-order valence-electron chi connectivity index (χ3n) is 6.36. The fourth-order valence-corrected chi connectivity index (χ4v) is 5.36. The molecule has 4 aromatic rings. The highest BCUT2D eigenvalue weighted by molar-refractivity contribution is 7.12. The first kappa shape index (κ1) is 24.6. The lowest BCUT2D eigenvalue weighted by Gasteiger charge is -2.37. The van der Waals surface area contributed by atoms with Crippen LogP contribution >= 0.6 is 11.3 Å². The van der Waals surface area contributed by atoms with E-state index in [1.807, 2.05) is 16.3 Å². The number of ether oxygens (including phenoxy) is 1. The van der Waals surface area contributed by atoms with E-state index in [1.165, 1.54) is 28.0 Å². The number of piperazine rings is 1. The Hall–Kier alpha value is -4.05. The smallest absolute Gasteiger partial charge is 0.345 e. The van der Waals surface area contributed by atoms with Gasteiger partial charge in [-0.3, -0.25) is 14.6 Å². The second-order valence-corrected chi connectivity index (χ2v) is 9.56. The first-order chi connectivity index (χ1) is 18.0. The van der Waals surface area contributed by atoms with Crippen molar-refractivity contribution in [2.24, 2.45) is 0 Å². The lowest BCUT2D eigenvalue weighted by atomic mass is 10.1. The molecular weight excluding hydrogens is 495 g/mol. The minimum Gasteiger partial charge on any atom is -0.462 e. The van der Waals surface area contributed by atoms with E-state index < -0.39 is 17.3 Å². The van der Waals surface area contributed by atoms with E-state index >= 15 is 0 Å². The quantitative estimate of drug-likeness (QED) is 0.360. The number of rotatable bonds is 6. The van der Waals surface area contributed by atoms with E-state index in [-0.39, 0.29) is 24.6 Å². The van der Waals surface area contributed by atoms with Gasteiger partial charge in [-0.25, -0.2) is 9.18 Å². The minimum absolute atomic E-state index is 0.0303. The summed E-state index contributed by atoms with van der Waals surface area (Å²) in [6, 6.07) is 11.4. The van der Waals surface area contributed by atoms with Crippen LogP contribution in [0.5, 0.6) is 0 Å². The zero-order chi connectivity index (χ0) is 25.9.